The maximum absolute atomic E-state index is 12.3. The smallest absolute Gasteiger partial charge is 0.187 e. The van der Waals surface area contributed by atoms with Crippen LogP contribution in [0.3, 0.4) is 0 Å². The van der Waals surface area contributed by atoms with E-state index in [1.165, 1.54) is 12.5 Å². The number of hydrogen-bond donors (Lipinski definition) is 12. The molecule has 0 bridgehead atoms. The van der Waals surface area contributed by atoms with E-state index in [0.29, 0.717) is 48.3 Å². The van der Waals surface area contributed by atoms with Crippen LogP contribution in [0, 0.1) is 46.3 Å². The first-order chi connectivity index (χ1) is 34.7. The molecular weight excluding hydrogens is 965 g/mol. The van der Waals surface area contributed by atoms with Gasteiger partial charge in [0.15, 0.2) is 30.9 Å². The first-order valence-electron chi connectivity index (χ1n) is 26.9. The van der Waals surface area contributed by atoms with Crippen molar-refractivity contribution < 1.29 is 109 Å². The van der Waals surface area contributed by atoms with Crippen molar-refractivity contribution >= 4 is 0 Å². The van der Waals surface area contributed by atoms with Crippen molar-refractivity contribution in [3.8, 4) is 0 Å². The van der Waals surface area contributed by atoms with Crippen LogP contribution in [0.5, 0.6) is 0 Å². The van der Waals surface area contributed by atoms with E-state index in [-0.39, 0.29) is 16.9 Å². The summed E-state index contributed by atoms with van der Waals surface area (Å²) in [5.41, 5.74) is 1.36. The standard InChI is InChI=1S/C51H82O22/c1-20-8-13-51(64-19-20)21(2)32-28(73-51)15-27-25-7-6-23-14-24(9-11-49(23,4)26(25)10-12-50(27,32)5)66-48-44(72-45-38(60)35(57)33(55)22(3)65-45)41(63)43(31(18-54)69-48)71-47-40(62)37(59)42(30(17-53)68-47)70-46-39(61)36(58)34(56)29(16-52)67-46/h6,20-22,24-48,52-63H,7-19H2,1-5H3. The van der Waals surface area contributed by atoms with Gasteiger partial charge in [-0.25, -0.2) is 0 Å². The average molecular weight is 1050 g/mol. The van der Waals surface area contributed by atoms with E-state index in [9.17, 15) is 61.3 Å². The van der Waals surface area contributed by atoms with E-state index < -0.39 is 155 Å². The van der Waals surface area contributed by atoms with Gasteiger partial charge in [0.2, 0.25) is 0 Å². The third-order valence-electron chi connectivity index (χ3n) is 19.8. The van der Waals surface area contributed by atoms with Crippen molar-refractivity contribution in [3.05, 3.63) is 11.6 Å². The van der Waals surface area contributed by atoms with Gasteiger partial charge in [-0.1, -0.05) is 39.3 Å². The van der Waals surface area contributed by atoms with Crippen LogP contribution in [0.4, 0.5) is 0 Å². The Bertz CT molecular complexity index is 1920. The van der Waals surface area contributed by atoms with Crippen molar-refractivity contribution in [1.29, 1.82) is 0 Å². The summed E-state index contributed by atoms with van der Waals surface area (Å²) in [7, 11) is 0. The molecule has 0 amide bonds. The maximum Gasteiger partial charge on any atom is 0.187 e. The van der Waals surface area contributed by atoms with E-state index >= 15 is 0 Å². The maximum atomic E-state index is 12.3. The highest BCUT2D eigenvalue weighted by Gasteiger charge is 2.69. The highest BCUT2D eigenvalue weighted by molar-refractivity contribution is 5.26. The molecule has 4 aliphatic carbocycles. The minimum absolute atomic E-state index is 0.0859. The molecule has 0 aromatic carbocycles. The summed E-state index contributed by atoms with van der Waals surface area (Å²) in [6.45, 7) is 9.31. The molecule has 418 valence electrons. The Morgan fingerprint density at radius 3 is 1.81 bits per heavy atom. The number of hydrogen-bond acceptors (Lipinski definition) is 22. The summed E-state index contributed by atoms with van der Waals surface area (Å²) in [6, 6.07) is 0. The summed E-state index contributed by atoms with van der Waals surface area (Å²) in [4.78, 5) is 0. The summed E-state index contributed by atoms with van der Waals surface area (Å²) >= 11 is 0. The zero-order valence-electron chi connectivity index (χ0n) is 42.4. The summed E-state index contributed by atoms with van der Waals surface area (Å²) in [5.74, 6) is 2.34. The van der Waals surface area contributed by atoms with Gasteiger partial charge >= 0.3 is 0 Å². The minimum Gasteiger partial charge on any atom is -0.394 e. The van der Waals surface area contributed by atoms with Crippen LogP contribution < -0.4 is 0 Å². The average Bonchev–Trinajstić information content (AvgIpc) is 3.83. The predicted octanol–water partition coefficient (Wildman–Crippen LogP) is -1.96. The molecule has 12 N–H and O–H groups in total. The quantitative estimate of drug-likeness (QED) is 0.1000. The Balaban J connectivity index is 0.841. The molecule has 22 heteroatoms. The van der Waals surface area contributed by atoms with Crippen molar-refractivity contribution in [3.63, 3.8) is 0 Å². The normalized spacial score (nSPS) is 57.1. The molecule has 73 heavy (non-hydrogen) atoms. The van der Waals surface area contributed by atoms with Gasteiger partial charge in [0.05, 0.1) is 44.7 Å². The number of aliphatic hydroxyl groups excluding tert-OH is 12. The Kier molecular flexibility index (Phi) is 16.0. The van der Waals surface area contributed by atoms with Crippen LogP contribution in [0.25, 0.3) is 0 Å². The molecule has 3 saturated carbocycles. The number of fused-ring (bicyclic) bond motifs is 7. The lowest BCUT2D eigenvalue weighted by Gasteiger charge is -2.59. The fraction of sp³-hybridized carbons (Fsp3) is 0.961. The second-order valence-corrected chi connectivity index (χ2v) is 23.9. The van der Waals surface area contributed by atoms with Crippen LogP contribution in [0.2, 0.25) is 0 Å². The van der Waals surface area contributed by atoms with E-state index in [2.05, 4.69) is 33.8 Å². The highest BCUT2D eigenvalue weighted by atomic mass is 16.8. The largest absolute Gasteiger partial charge is 0.394 e. The Labute approximate surface area is 425 Å². The third-order valence-corrected chi connectivity index (χ3v) is 19.8. The Hall–Kier alpha value is -1.14. The fourth-order valence-corrected chi connectivity index (χ4v) is 15.5. The Morgan fingerprint density at radius 2 is 1.16 bits per heavy atom. The van der Waals surface area contributed by atoms with Gasteiger partial charge in [-0.15, -0.1) is 0 Å². The molecule has 0 aromatic heterocycles. The van der Waals surface area contributed by atoms with Crippen LogP contribution in [-0.2, 0) is 47.4 Å². The van der Waals surface area contributed by atoms with E-state index in [1.807, 2.05) is 0 Å². The third kappa shape index (κ3) is 9.42. The lowest BCUT2D eigenvalue weighted by atomic mass is 9.47. The van der Waals surface area contributed by atoms with E-state index in [4.69, 9.17) is 47.4 Å². The van der Waals surface area contributed by atoms with Crippen LogP contribution >= 0.6 is 0 Å². The molecule has 0 aromatic rings. The van der Waals surface area contributed by atoms with Crippen molar-refractivity contribution in [2.75, 3.05) is 26.4 Å². The van der Waals surface area contributed by atoms with Gasteiger partial charge in [-0.3, -0.25) is 0 Å². The lowest BCUT2D eigenvalue weighted by molar-refractivity contribution is -0.396. The molecule has 6 heterocycles. The molecule has 6 saturated heterocycles. The molecule has 0 radical (unpaired) electrons. The molecule has 31 atom stereocenters. The van der Waals surface area contributed by atoms with Gasteiger partial charge < -0.3 is 109 Å². The van der Waals surface area contributed by atoms with Crippen molar-refractivity contribution in [2.45, 2.75) is 233 Å². The monoisotopic (exact) mass is 1050 g/mol. The minimum atomic E-state index is -2.01. The molecule has 9 fully saturated rings. The van der Waals surface area contributed by atoms with Gasteiger partial charge in [-0.2, -0.15) is 0 Å². The zero-order chi connectivity index (χ0) is 52.2. The Morgan fingerprint density at radius 1 is 0.575 bits per heavy atom. The number of allylic oxidation sites excluding steroid dienone is 1. The zero-order valence-corrected chi connectivity index (χ0v) is 42.4. The summed E-state index contributed by atoms with van der Waals surface area (Å²) < 4.78 is 61.7. The molecule has 31 unspecified atom stereocenters. The number of rotatable bonds is 11. The topological polar surface area (TPSA) is 335 Å². The van der Waals surface area contributed by atoms with Gasteiger partial charge in [-0.05, 0) is 98.7 Å². The van der Waals surface area contributed by atoms with E-state index in [0.717, 1.165) is 51.6 Å². The molecule has 10 rings (SSSR count). The van der Waals surface area contributed by atoms with Crippen molar-refractivity contribution in [2.24, 2.45) is 46.3 Å². The van der Waals surface area contributed by atoms with Gasteiger partial charge in [0.1, 0.15) is 91.6 Å². The second-order valence-electron chi connectivity index (χ2n) is 23.9. The van der Waals surface area contributed by atoms with Gasteiger partial charge in [0, 0.05) is 12.3 Å². The number of ether oxygens (including phenoxy) is 10. The SMILES string of the molecule is CC1CCC2(OC1)OC1CC3C4CC=C5CC(OC6OC(CO)C(OC7OC(CO)C(OC8OC(CO)C(O)C(O)C8O)C(O)C7O)C(O)C6OC6OC(C)C(O)C(O)C6O)CCC5(C)C4CCC3(C)C1C2C. The fourth-order valence-electron chi connectivity index (χ4n) is 15.5. The predicted molar refractivity (Wildman–Crippen MR) is 247 cm³/mol. The van der Waals surface area contributed by atoms with Crippen LogP contribution in [0.15, 0.2) is 11.6 Å². The van der Waals surface area contributed by atoms with Crippen LogP contribution in [0.1, 0.15) is 92.4 Å². The van der Waals surface area contributed by atoms with Crippen LogP contribution in [-0.4, -0.2) is 229 Å². The lowest BCUT2D eigenvalue weighted by Crippen LogP contribution is -2.67. The molecule has 22 nitrogen and oxygen atoms in total. The summed E-state index contributed by atoms with van der Waals surface area (Å²) in [5, 5.41) is 129. The number of aliphatic hydroxyl groups is 12. The first kappa shape index (κ1) is 55.2. The summed E-state index contributed by atoms with van der Waals surface area (Å²) in [6.07, 6.45) is -22.6. The second kappa shape index (κ2) is 21.2. The molecule has 10 aliphatic rings. The van der Waals surface area contributed by atoms with Gasteiger partial charge in [0.25, 0.3) is 0 Å². The molecular formula is C51H82O22. The van der Waals surface area contributed by atoms with E-state index in [1.54, 1.807) is 0 Å². The molecule has 6 aliphatic heterocycles. The highest BCUT2D eigenvalue weighted by Crippen LogP contribution is 2.71. The molecule has 1 spiro atoms. The first-order valence-corrected chi connectivity index (χ1v) is 26.9. The van der Waals surface area contributed by atoms with Crippen molar-refractivity contribution in [1.82, 2.24) is 0 Å².